The van der Waals surface area contributed by atoms with Gasteiger partial charge >= 0.3 is 0 Å². The van der Waals surface area contributed by atoms with Crippen LogP contribution >= 0.6 is 11.6 Å². The summed E-state index contributed by atoms with van der Waals surface area (Å²) >= 11 is 6.92. The van der Waals surface area contributed by atoms with E-state index in [1.807, 2.05) is 18.0 Å². The lowest BCUT2D eigenvalue weighted by Crippen LogP contribution is -2.54. The number of nitriles is 1. The fraction of sp³-hybridized carbons (Fsp3) is 0.630. The number of fused-ring (bicyclic) bond motifs is 5. The van der Waals surface area contributed by atoms with E-state index in [9.17, 15) is 9.59 Å². The molecule has 7 heteroatoms. The highest BCUT2D eigenvalue weighted by Crippen LogP contribution is 2.67. The Balaban J connectivity index is 1.33. The number of carbonyl (C=O) groups excluding carboxylic acids is 2. The average Bonchev–Trinajstić information content (AvgIpc) is 3.13. The molecule has 0 radical (unpaired) electrons. The van der Waals surface area contributed by atoms with Crippen molar-refractivity contribution in [2.45, 2.75) is 65.2 Å². The van der Waals surface area contributed by atoms with Gasteiger partial charge in [0.15, 0.2) is 0 Å². The van der Waals surface area contributed by atoms with Crippen LogP contribution in [0.3, 0.4) is 0 Å². The van der Waals surface area contributed by atoms with E-state index < -0.39 is 0 Å². The molecule has 2 amide bonds. The summed E-state index contributed by atoms with van der Waals surface area (Å²) in [4.78, 5) is 31.2. The first-order valence-corrected chi connectivity index (χ1v) is 12.9. The van der Waals surface area contributed by atoms with Crippen molar-refractivity contribution in [1.82, 2.24) is 9.88 Å². The van der Waals surface area contributed by atoms with E-state index in [1.165, 1.54) is 0 Å². The van der Waals surface area contributed by atoms with Crippen molar-refractivity contribution in [3.8, 4) is 6.07 Å². The fourth-order valence-electron chi connectivity index (χ4n) is 8.09. The summed E-state index contributed by atoms with van der Waals surface area (Å²) in [6, 6.07) is 5.35. The topological polar surface area (TPSA) is 86.1 Å². The van der Waals surface area contributed by atoms with Crippen LogP contribution in [0.1, 0.15) is 70.9 Å². The van der Waals surface area contributed by atoms with Crippen molar-refractivity contribution in [2.24, 2.45) is 34.5 Å². The highest BCUT2D eigenvalue weighted by Gasteiger charge is 2.60. The van der Waals surface area contributed by atoms with Crippen LogP contribution in [0.4, 0.5) is 5.69 Å². The predicted molar refractivity (Wildman–Crippen MR) is 130 cm³/mol. The number of hydrogen-bond acceptors (Lipinski definition) is 4. The number of allylic oxidation sites excluding steroid dienone is 2. The van der Waals surface area contributed by atoms with Gasteiger partial charge in [-0.1, -0.05) is 25.4 Å². The Morgan fingerprint density at radius 2 is 2.06 bits per heavy atom. The highest BCUT2D eigenvalue weighted by molar-refractivity contribution is 6.30. The summed E-state index contributed by atoms with van der Waals surface area (Å²) in [7, 11) is 1.89. The number of aromatic nitrogens is 1. The number of pyridine rings is 1. The van der Waals surface area contributed by atoms with Crippen LogP contribution in [0.2, 0.25) is 0 Å². The third-order valence-corrected chi connectivity index (χ3v) is 10.2. The van der Waals surface area contributed by atoms with E-state index in [4.69, 9.17) is 16.9 Å². The fourth-order valence-corrected chi connectivity index (χ4v) is 8.61. The zero-order valence-corrected chi connectivity index (χ0v) is 21.0. The number of piperidine rings is 1. The van der Waals surface area contributed by atoms with Gasteiger partial charge in [-0.3, -0.25) is 9.59 Å². The highest BCUT2D eigenvalue weighted by atomic mass is 35.5. The van der Waals surface area contributed by atoms with Gasteiger partial charge in [-0.25, -0.2) is 4.98 Å². The number of nitrogens with one attached hydrogen (secondary N) is 1. The Kier molecular flexibility index (Phi) is 5.75. The lowest BCUT2D eigenvalue weighted by Gasteiger charge is -2.59. The number of likely N-dealkylation sites (tertiary alicyclic amines) is 1. The lowest BCUT2D eigenvalue weighted by molar-refractivity contribution is -0.136. The normalized spacial score (nSPS) is 36.9. The van der Waals surface area contributed by atoms with E-state index in [1.54, 1.807) is 18.3 Å². The molecule has 4 aliphatic rings. The van der Waals surface area contributed by atoms with Crippen molar-refractivity contribution < 1.29 is 9.59 Å². The first-order chi connectivity index (χ1) is 16.2. The standard InChI is InChI=1S/C27H33ClN4O2/c1-26-10-8-21-19(13-22(28)25-27(21,2)11-9-24(34)32(25)3)20(26)7-4-16(26)12-23(33)31-18-6-5-17(14-29)30-15-18/h5-6,15-16,19-21H,4,7-13H2,1-3H3,(H,31,33)/t16-,19+,20+,21+,26-,27-/m1/s1. The van der Waals surface area contributed by atoms with Gasteiger partial charge in [0, 0.05) is 36.0 Å². The minimum atomic E-state index is -0.0396. The third kappa shape index (κ3) is 3.55. The van der Waals surface area contributed by atoms with Crippen LogP contribution < -0.4 is 5.32 Å². The van der Waals surface area contributed by atoms with Crippen LogP contribution in [0.5, 0.6) is 0 Å². The van der Waals surface area contributed by atoms with E-state index in [2.05, 4.69) is 24.1 Å². The maximum Gasteiger partial charge on any atom is 0.226 e. The zero-order chi connectivity index (χ0) is 24.3. The molecule has 2 heterocycles. The van der Waals surface area contributed by atoms with Crippen molar-refractivity contribution in [3.05, 3.63) is 34.8 Å². The number of halogens is 1. The molecule has 3 aliphatic carbocycles. The largest absolute Gasteiger partial charge is 0.325 e. The summed E-state index contributed by atoms with van der Waals surface area (Å²) < 4.78 is 0. The summed E-state index contributed by atoms with van der Waals surface area (Å²) in [5.74, 6) is 2.14. The predicted octanol–water partition coefficient (Wildman–Crippen LogP) is 5.45. The molecule has 1 N–H and O–H groups in total. The van der Waals surface area contributed by atoms with Crippen molar-refractivity contribution in [1.29, 1.82) is 5.26 Å². The summed E-state index contributed by atoms with van der Waals surface area (Å²) in [5, 5.41) is 12.8. The Morgan fingerprint density at radius 1 is 1.26 bits per heavy atom. The minimum Gasteiger partial charge on any atom is -0.325 e. The first kappa shape index (κ1) is 23.4. The number of rotatable bonds is 3. The van der Waals surface area contributed by atoms with Crippen molar-refractivity contribution >= 4 is 29.1 Å². The van der Waals surface area contributed by atoms with Gasteiger partial charge in [0.25, 0.3) is 0 Å². The van der Waals surface area contributed by atoms with E-state index >= 15 is 0 Å². The maximum absolute atomic E-state index is 12.9. The second kappa shape index (κ2) is 8.37. The molecule has 6 nitrogen and oxygen atoms in total. The molecule has 180 valence electrons. The van der Waals surface area contributed by atoms with Crippen LogP contribution in [0.25, 0.3) is 0 Å². The van der Waals surface area contributed by atoms with Gasteiger partial charge in [0.2, 0.25) is 11.8 Å². The summed E-state index contributed by atoms with van der Waals surface area (Å²) in [6.45, 7) is 4.73. The maximum atomic E-state index is 12.9. The van der Waals surface area contributed by atoms with Crippen LogP contribution in [-0.4, -0.2) is 28.7 Å². The van der Waals surface area contributed by atoms with E-state index in [0.29, 0.717) is 47.9 Å². The third-order valence-electron chi connectivity index (χ3n) is 9.83. The molecule has 6 atom stereocenters. The summed E-state index contributed by atoms with van der Waals surface area (Å²) in [5.41, 5.74) is 2.13. The smallest absolute Gasteiger partial charge is 0.226 e. The molecule has 0 unspecified atom stereocenters. The van der Waals surface area contributed by atoms with Crippen LogP contribution in [-0.2, 0) is 9.59 Å². The van der Waals surface area contributed by atoms with Crippen LogP contribution in [0.15, 0.2) is 29.1 Å². The van der Waals surface area contributed by atoms with Crippen LogP contribution in [0, 0.1) is 45.8 Å². The van der Waals surface area contributed by atoms with Crippen molar-refractivity contribution in [3.63, 3.8) is 0 Å². The van der Waals surface area contributed by atoms with Gasteiger partial charge in [-0.15, -0.1) is 0 Å². The zero-order valence-electron chi connectivity index (χ0n) is 20.2. The molecular formula is C27H33ClN4O2. The first-order valence-electron chi connectivity index (χ1n) is 12.5. The van der Waals surface area contributed by atoms with Crippen molar-refractivity contribution in [2.75, 3.05) is 12.4 Å². The monoisotopic (exact) mass is 480 g/mol. The van der Waals surface area contributed by atoms with Gasteiger partial charge in [0.1, 0.15) is 11.8 Å². The summed E-state index contributed by atoms with van der Waals surface area (Å²) in [6.07, 6.45) is 8.83. The molecule has 1 aromatic rings. The average molecular weight is 481 g/mol. The van der Waals surface area contributed by atoms with E-state index in [0.717, 1.165) is 49.3 Å². The molecule has 2 saturated carbocycles. The number of carbonyl (C=O) groups is 2. The number of hydrogen-bond donors (Lipinski definition) is 1. The molecular weight excluding hydrogens is 448 g/mol. The Morgan fingerprint density at radius 3 is 2.76 bits per heavy atom. The SMILES string of the molecule is CN1C(=O)CC[C@@]2(C)C1=C(Cl)C[C@H]1[C@@H]3CC[C@H](CC(=O)Nc4ccc(C#N)nc4)[C@@]3(C)CC[C@@H]12. The Bertz CT molecular complexity index is 1090. The molecule has 0 aromatic carbocycles. The molecule has 1 saturated heterocycles. The number of amides is 2. The molecule has 1 aromatic heterocycles. The van der Waals surface area contributed by atoms with Gasteiger partial charge in [0.05, 0.1) is 11.9 Å². The molecule has 0 spiro atoms. The molecule has 3 fully saturated rings. The van der Waals surface area contributed by atoms with E-state index in [-0.39, 0.29) is 22.6 Å². The van der Waals surface area contributed by atoms with Gasteiger partial charge < -0.3 is 10.2 Å². The quantitative estimate of drug-likeness (QED) is 0.622. The molecule has 34 heavy (non-hydrogen) atoms. The second-order valence-electron chi connectivity index (χ2n) is 11.3. The Hall–Kier alpha value is -2.39. The second-order valence-corrected chi connectivity index (χ2v) is 11.8. The van der Waals surface area contributed by atoms with Gasteiger partial charge in [-0.2, -0.15) is 5.26 Å². The van der Waals surface area contributed by atoms with Gasteiger partial charge in [-0.05, 0) is 79.7 Å². The molecule has 1 aliphatic heterocycles. The molecule has 0 bridgehead atoms. The number of nitrogens with zero attached hydrogens (tertiary/aromatic N) is 3. The number of anilines is 1. The molecule has 5 rings (SSSR count). The minimum absolute atomic E-state index is 0.0174. The lowest BCUT2D eigenvalue weighted by atomic mass is 9.49. The Labute approximate surface area is 206 Å².